The summed E-state index contributed by atoms with van der Waals surface area (Å²) in [6.45, 7) is 4.39. The number of benzene rings is 1. The first-order valence-electron chi connectivity index (χ1n) is 8.13. The van der Waals surface area contributed by atoms with Gasteiger partial charge >= 0.3 is 5.97 Å². The molecule has 0 aliphatic carbocycles. The first-order valence-corrected chi connectivity index (χ1v) is 8.13. The van der Waals surface area contributed by atoms with E-state index in [4.69, 9.17) is 4.74 Å². The van der Waals surface area contributed by atoms with Crippen molar-refractivity contribution in [1.29, 1.82) is 0 Å². The molecular weight excluding hydrogens is 305 g/mol. The highest BCUT2D eigenvalue weighted by Gasteiger charge is 2.21. The molecule has 1 aromatic carbocycles. The standard InChI is InChI=1S/C20H20FNO2/c1-13-12-19(15-5-8-17(21)9-6-15)18(14(2)22-13)10-7-16-4-3-11-24-20(16)23/h5-10,12,16H,3-4,11H2,1-2H3. The number of halogens is 1. The summed E-state index contributed by atoms with van der Waals surface area (Å²) in [4.78, 5) is 16.3. The van der Waals surface area contributed by atoms with Gasteiger partial charge < -0.3 is 4.74 Å². The van der Waals surface area contributed by atoms with E-state index in [0.717, 1.165) is 40.9 Å². The zero-order valence-corrected chi connectivity index (χ0v) is 13.9. The number of carbonyl (C=O) groups excluding carboxylic acids is 1. The average Bonchev–Trinajstić information content (AvgIpc) is 2.55. The lowest BCUT2D eigenvalue weighted by atomic mass is 9.95. The number of esters is 1. The van der Waals surface area contributed by atoms with Gasteiger partial charge in [0.25, 0.3) is 0 Å². The highest BCUT2D eigenvalue weighted by molar-refractivity contribution is 5.80. The lowest BCUT2D eigenvalue weighted by Crippen LogP contribution is -2.22. The number of rotatable bonds is 3. The molecule has 2 heterocycles. The summed E-state index contributed by atoms with van der Waals surface area (Å²) in [6.07, 6.45) is 5.53. The third-order valence-corrected chi connectivity index (χ3v) is 4.23. The minimum atomic E-state index is -0.261. The third-order valence-electron chi connectivity index (χ3n) is 4.23. The molecule has 0 saturated carbocycles. The van der Waals surface area contributed by atoms with E-state index >= 15 is 0 Å². The van der Waals surface area contributed by atoms with E-state index in [1.54, 1.807) is 12.1 Å². The Morgan fingerprint density at radius 3 is 2.71 bits per heavy atom. The Kier molecular flexibility index (Phi) is 4.74. The zero-order valence-electron chi connectivity index (χ0n) is 13.9. The lowest BCUT2D eigenvalue weighted by Gasteiger charge is -2.18. The lowest BCUT2D eigenvalue weighted by molar-refractivity contribution is -0.150. The van der Waals surface area contributed by atoms with Crippen LogP contribution in [0.1, 0.15) is 29.8 Å². The topological polar surface area (TPSA) is 39.2 Å². The summed E-state index contributed by atoms with van der Waals surface area (Å²) in [5, 5.41) is 0. The molecule has 1 unspecified atom stereocenters. The number of nitrogens with zero attached hydrogens (tertiary/aromatic N) is 1. The van der Waals surface area contributed by atoms with Crippen LogP contribution in [0, 0.1) is 25.6 Å². The van der Waals surface area contributed by atoms with Gasteiger partial charge in [0.2, 0.25) is 0 Å². The second kappa shape index (κ2) is 6.95. The molecule has 1 saturated heterocycles. The Hall–Kier alpha value is -2.49. The number of cyclic esters (lactones) is 1. The van der Waals surface area contributed by atoms with Crippen LogP contribution in [0.2, 0.25) is 0 Å². The van der Waals surface area contributed by atoms with Gasteiger partial charge in [-0.3, -0.25) is 9.78 Å². The van der Waals surface area contributed by atoms with Gasteiger partial charge in [-0.15, -0.1) is 0 Å². The predicted octanol–water partition coefficient (Wildman–Crippen LogP) is 4.47. The highest BCUT2D eigenvalue weighted by atomic mass is 19.1. The van der Waals surface area contributed by atoms with Crippen LogP contribution >= 0.6 is 0 Å². The smallest absolute Gasteiger partial charge is 0.312 e. The molecule has 1 fully saturated rings. The van der Waals surface area contributed by atoms with E-state index in [0.29, 0.717) is 6.61 Å². The van der Waals surface area contributed by atoms with Gasteiger partial charge in [0.15, 0.2) is 0 Å². The summed E-state index contributed by atoms with van der Waals surface area (Å²) < 4.78 is 18.3. The van der Waals surface area contributed by atoms with Crippen molar-refractivity contribution in [3.63, 3.8) is 0 Å². The molecule has 24 heavy (non-hydrogen) atoms. The first kappa shape index (κ1) is 16.4. The van der Waals surface area contributed by atoms with Crippen molar-refractivity contribution in [2.24, 2.45) is 5.92 Å². The minimum absolute atomic E-state index is 0.168. The number of aromatic nitrogens is 1. The van der Waals surface area contributed by atoms with Gasteiger partial charge in [-0.05, 0) is 56.0 Å². The Morgan fingerprint density at radius 2 is 2.00 bits per heavy atom. The fourth-order valence-electron chi connectivity index (χ4n) is 3.01. The largest absolute Gasteiger partial charge is 0.465 e. The van der Waals surface area contributed by atoms with Crippen LogP contribution in [0.3, 0.4) is 0 Å². The van der Waals surface area contributed by atoms with Crippen LogP contribution in [-0.2, 0) is 9.53 Å². The van der Waals surface area contributed by atoms with Gasteiger partial charge in [0.05, 0.1) is 12.5 Å². The molecule has 0 bridgehead atoms. The fourth-order valence-corrected chi connectivity index (χ4v) is 3.01. The number of hydrogen-bond acceptors (Lipinski definition) is 3. The molecule has 1 aliphatic rings. The van der Waals surface area contributed by atoms with Crippen LogP contribution < -0.4 is 0 Å². The average molecular weight is 325 g/mol. The quantitative estimate of drug-likeness (QED) is 0.782. The molecule has 0 radical (unpaired) electrons. The van der Waals surface area contributed by atoms with Crippen molar-refractivity contribution < 1.29 is 13.9 Å². The second-order valence-electron chi connectivity index (χ2n) is 6.09. The zero-order chi connectivity index (χ0) is 17.1. The second-order valence-corrected chi connectivity index (χ2v) is 6.09. The summed E-state index contributed by atoms with van der Waals surface area (Å²) in [5.74, 6) is -0.637. The van der Waals surface area contributed by atoms with Crippen molar-refractivity contribution in [1.82, 2.24) is 4.98 Å². The molecule has 2 aromatic rings. The maximum absolute atomic E-state index is 13.2. The molecule has 1 atom stereocenters. The van der Waals surface area contributed by atoms with Crippen LogP contribution in [-0.4, -0.2) is 17.6 Å². The normalized spacial score (nSPS) is 18.0. The van der Waals surface area contributed by atoms with Crippen molar-refractivity contribution in [2.75, 3.05) is 6.61 Å². The summed E-state index contributed by atoms with van der Waals surface area (Å²) in [5.41, 5.74) is 4.65. The molecule has 0 N–H and O–H groups in total. The first-order chi connectivity index (χ1) is 11.5. The SMILES string of the molecule is Cc1cc(-c2ccc(F)cc2)c(C=CC2CCCOC2=O)c(C)n1. The molecule has 4 heteroatoms. The molecular formula is C20H20FNO2. The van der Waals surface area contributed by atoms with Crippen molar-refractivity contribution in [3.05, 3.63) is 59.2 Å². The Morgan fingerprint density at radius 1 is 1.25 bits per heavy atom. The van der Waals surface area contributed by atoms with E-state index in [-0.39, 0.29) is 17.7 Å². The van der Waals surface area contributed by atoms with Crippen LogP contribution in [0.15, 0.2) is 36.4 Å². The van der Waals surface area contributed by atoms with Gasteiger partial charge in [-0.25, -0.2) is 4.39 Å². The molecule has 1 aromatic heterocycles. The van der Waals surface area contributed by atoms with E-state index < -0.39 is 0 Å². The Labute approximate surface area is 141 Å². The molecule has 1 aliphatic heterocycles. The highest BCUT2D eigenvalue weighted by Crippen LogP contribution is 2.29. The Balaban J connectivity index is 2.00. The number of carbonyl (C=O) groups is 1. The number of hydrogen-bond donors (Lipinski definition) is 0. The molecule has 3 rings (SSSR count). The van der Waals surface area contributed by atoms with E-state index in [9.17, 15) is 9.18 Å². The van der Waals surface area contributed by atoms with Crippen LogP contribution in [0.5, 0.6) is 0 Å². The molecule has 3 nitrogen and oxygen atoms in total. The van der Waals surface area contributed by atoms with Gasteiger partial charge in [-0.2, -0.15) is 0 Å². The molecule has 124 valence electrons. The van der Waals surface area contributed by atoms with Crippen LogP contribution in [0.25, 0.3) is 17.2 Å². The summed E-state index contributed by atoms with van der Waals surface area (Å²) in [6, 6.07) is 8.41. The van der Waals surface area contributed by atoms with Gasteiger partial charge in [-0.1, -0.05) is 24.3 Å². The predicted molar refractivity (Wildman–Crippen MR) is 91.8 cm³/mol. The fraction of sp³-hybridized carbons (Fsp3) is 0.300. The van der Waals surface area contributed by atoms with Crippen molar-refractivity contribution >= 4 is 12.0 Å². The third kappa shape index (κ3) is 3.53. The van der Waals surface area contributed by atoms with Gasteiger partial charge in [0.1, 0.15) is 5.82 Å². The van der Waals surface area contributed by atoms with Crippen molar-refractivity contribution in [3.8, 4) is 11.1 Å². The molecule has 0 amide bonds. The maximum Gasteiger partial charge on any atom is 0.312 e. The molecule has 0 spiro atoms. The number of pyridine rings is 1. The number of ether oxygens (including phenoxy) is 1. The van der Waals surface area contributed by atoms with E-state index in [1.807, 2.05) is 32.1 Å². The van der Waals surface area contributed by atoms with Crippen LogP contribution in [0.4, 0.5) is 4.39 Å². The van der Waals surface area contributed by atoms with E-state index in [1.165, 1.54) is 12.1 Å². The summed E-state index contributed by atoms with van der Waals surface area (Å²) >= 11 is 0. The minimum Gasteiger partial charge on any atom is -0.465 e. The van der Waals surface area contributed by atoms with Gasteiger partial charge in [0, 0.05) is 17.0 Å². The Bertz CT molecular complexity index is 781. The van der Waals surface area contributed by atoms with Crippen molar-refractivity contribution in [2.45, 2.75) is 26.7 Å². The monoisotopic (exact) mass is 325 g/mol. The van der Waals surface area contributed by atoms with E-state index in [2.05, 4.69) is 4.98 Å². The number of aryl methyl sites for hydroxylation is 2. The maximum atomic E-state index is 13.2. The summed E-state index contributed by atoms with van der Waals surface area (Å²) in [7, 11) is 0.